The van der Waals surface area contributed by atoms with Gasteiger partial charge in [0.05, 0.1) is 0 Å². The Bertz CT molecular complexity index is 1190. The summed E-state index contributed by atoms with van der Waals surface area (Å²) in [6, 6.07) is 15.0. The first-order valence-electron chi connectivity index (χ1n) is 12.3. The van der Waals surface area contributed by atoms with Crippen molar-refractivity contribution in [3.05, 3.63) is 90.4 Å². The zero-order chi connectivity index (χ0) is 25.1. The van der Waals surface area contributed by atoms with Crippen LogP contribution in [0.15, 0.2) is 51.4 Å². The van der Waals surface area contributed by atoms with Crippen LogP contribution in [0.2, 0.25) is 0 Å². The molecule has 0 radical (unpaired) electrons. The number of nitrogens with two attached hydrogens (primary N) is 2. The molecule has 2 aliphatic heterocycles. The fourth-order valence-corrected chi connectivity index (χ4v) is 6.48. The van der Waals surface area contributed by atoms with Gasteiger partial charge in [0.15, 0.2) is 0 Å². The van der Waals surface area contributed by atoms with Crippen molar-refractivity contribution in [1.82, 2.24) is 9.80 Å². The largest absolute Gasteiger partial charge is 0.398 e. The number of likely N-dealkylation sites (N-methyl/N-ethyl adjacent to an activating group) is 1. The third-order valence-electron chi connectivity index (χ3n) is 7.28. The first-order chi connectivity index (χ1) is 16.7. The van der Waals surface area contributed by atoms with Gasteiger partial charge in [0.2, 0.25) is 0 Å². The van der Waals surface area contributed by atoms with E-state index in [0.29, 0.717) is 0 Å². The van der Waals surface area contributed by atoms with Crippen molar-refractivity contribution in [2.24, 2.45) is 0 Å². The monoisotopic (exact) mass is 598 g/mol. The van der Waals surface area contributed by atoms with Crippen LogP contribution in [0.5, 0.6) is 0 Å². The maximum absolute atomic E-state index is 6.24. The second kappa shape index (κ2) is 11.5. The van der Waals surface area contributed by atoms with E-state index in [1.807, 2.05) is 0 Å². The standard InChI is InChI=1S/C18H21BrN2.C11H15BrN2/c1-13-11-17(19)16-12-21(10-8-15(16)18(13)20)9-7-14-5-3-2-4-6-14;1-7-5-10(12)9-6-14(2)4-3-8(9)11(7)13/h2-6,11H,7-10,12,20H2,1H3;5H,3-4,6,13H2,1-2H3. The molecule has 5 rings (SSSR count). The fraction of sp³-hybridized carbons (Fsp3) is 0.379. The average molecular weight is 600 g/mol. The maximum Gasteiger partial charge on any atom is 0.0380 e. The van der Waals surface area contributed by atoms with Gasteiger partial charge >= 0.3 is 0 Å². The van der Waals surface area contributed by atoms with E-state index >= 15 is 0 Å². The number of nitrogen functional groups attached to an aromatic ring is 2. The van der Waals surface area contributed by atoms with Crippen molar-refractivity contribution in [1.29, 1.82) is 0 Å². The third kappa shape index (κ3) is 6.11. The van der Waals surface area contributed by atoms with Crippen LogP contribution >= 0.6 is 31.9 Å². The van der Waals surface area contributed by atoms with Gasteiger partial charge in [-0.1, -0.05) is 62.2 Å². The molecule has 2 heterocycles. The van der Waals surface area contributed by atoms with Crippen LogP contribution in [0.1, 0.15) is 38.9 Å². The summed E-state index contributed by atoms with van der Waals surface area (Å²) in [5, 5.41) is 0. The molecule has 0 unspecified atom stereocenters. The zero-order valence-electron chi connectivity index (χ0n) is 21.0. The quantitative estimate of drug-likeness (QED) is 0.349. The van der Waals surface area contributed by atoms with Gasteiger partial charge in [-0.05, 0) is 91.2 Å². The Morgan fingerprint density at radius 1 is 0.771 bits per heavy atom. The highest BCUT2D eigenvalue weighted by Crippen LogP contribution is 2.34. The Labute approximate surface area is 226 Å². The van der Waals surface area contributed by atoms with Gasteiger partial charge in [0.25, 0.3) is 0 Å². The van der Waals surface area contributed by atoms with E-state index in [-0.39, 0.29) is 0 Å². The molecule has 186 valence electrons. The predicted octanol–water partition coefficient (Wildman–Crippen LogP) is 6.27. The number of benzene rings is 3. The number of fused-ring (bicyclic) bond motifs is 2. The Hall–Kier alpha value is -1.86. The van der Waals surface area contributed by atoms with Gasteiger partial charge in [0, 0.05) is 53.0 Å². The first-order valence-corrected chi connectivity index (χ1v) is 13.9. The maximum atomic E-state index is 6.24. The molecule has 2 aliphatic rings. The molecule has 0 aromatic heterocycles. The summed E-state index contributed by atoms with van der Waals surface area (Å²) in [5.41, 5.74) is 23.5. The number of anilines is 2. The van der Waals surface area contributed by atoms with Gasteiger partial charge < -0.3 is 16.4 Å². The minimum absolute atomic E-state index is 0.982. The summed E-state index contributed by atoms with van der Waals surface area (Å²) < 4.78 is 2.40. The second-order valence-corrected chi connectivity index (χ2v) is 11.6. The molecule has 0 saturated heterocycles. The van der Waals surface area contributed by atoms with E-state index in [0.717, 1.165) is 63.4 Å². The molecule has 35 heavy (non-hydrogen) atoms. The lowest BCUT2D eigenvalue weighted by Crippen LogP contribution is -2.33. The highest BCUT2D eigenvalue weighted by atomic mass is 79.9. The van der Waals surface area contributed by atoms with E-state index in [2.05, 4.69) is 105 Å². The molecule has 3 aromatic carbocycles. The molecule has 4 nitrogen and oxygen atoms in total. The zero-order valence-corrected chi connectivity index (χ0v) is 24.2. The van der Waals surface area contributed by atoms with Crippen LogP contribution in [0.4, 0.5) is 11.4 Å². The van der Waals surface area contributed by atoms with E-state index < -0.39 is 0 Å². The molecule has 0 bridgehead atoms. The van der Waals surface area contributed by atoms with Gasteiger partial charge in [-0.2, -0.15) is 0 Å². The van der Waals surface area contributed by atoms with Gasteiger partial charge in [-0.3, -0.25) is 4.90 Å². The fourth-order valence-electron chi connectivity index (χ4n) is 5.06. The van der Waals surface area contributed by atoms with E-state index in [1.165, 1.54) is 47.9 Å². The van der Waals surface area contributed by atoms with Crippen molar-refractivity contribution in [3.8, 4) is 0 Å². The number of hydrogen-bond donors (Lipinski definition) is 2. The van der Waals surface area contributed by atoms with Crippen molar-refractivity contribution in [2.75, 3.05) is 38.1 Å². The molecule has 0 atom stereocenters. The van der Waals surface area contributed by atoms with E-state index in [9.17, 15) is 0 Å². The average Bonchev–Trinajstić information content (AvgIpc) is 2.86. The Morgan fingerprint density at radius 3 is 1.91 bits per heavy atom. The Balaban J connectivity index is 0.000000179. The SMILES string of the molecule is Cc1cc(Br)c2c(c1N)CCN(C)C2.Cc1cc(Br)c2c(c1N)CCN(CCc1ccccc1)C2. The summed E-state index contributed by atoms with van der Waals surface area (Å²) in [6.07, 6.45) is 3.23. The summed E-state index contributed by atoms with van der Waals surface area (Å²) in [4.78, 5) is 4.84. The number of halogens is 2. The van der Waals surface area contributed by atoms with Crippen LogP contribution < -0.4 is 11.5 Å². The molecule has 0 saturated carbocycles. The van der Waals surface area contributed by atoms with E-state index in [4.69, 9.17) is 11.5 Å². The number of rotatable bonds is 3. The molecular weight excluding hydrogens is 564 g/mol. The lowest BCUT2D eigenvalue weighted by atomic mass is 9.95. The van der Waals surface area contributed by atoms with Crippen molar-refractivity contribution in [3.63, 3.8) is 0 Å². The van der Waals surface area contributed by atoms with E-state index in [1.54, 1.807) is 0 Å². The van der Waals surface area contributed by atoms with Crippen LogP contribution in [-0.2, 0) is 32.4 Å². The minimum Gasteiger partial charge on any atom is -0.398 e. The third-order valence-corrected chi connectivity index (χ3v) is 8.70. The van der Waals surface area contributed by atoms with Crippen LogP contribution in [0.3, 0.4) is 0 Å². The second-order valence-electron chi connectivity index (χ2n) is 9.84. The molecule has 6 heteroatoms. The van der Waals surface area contributed by atoms with Crippen molar-refractivity contribution in [2.45, 2.75) is 46.2 Å². The number of aryl methyl sites for hydroxylation is 2. The van der Waals surface area contributed by atoms with Crippen LogP contribution in [-0.4, -0.2) is 36.5 Å². The summed E-state index contributed by atoms with van der Waals surface area (Å²) in [7, 11) is 2.14. The van der Waals surface area contributed by atoms with Gasteiger partial charge in [-0.25, -0.2) is 0 Å². The van der Waals surface area contributed by atoms with Crippen molar-refractivity contribution >= 4 is 43.2 Å². The molecule has 0 spiro atoms. The first kappa shape index (κ1) is 26.2. The van der Waals surface area contributed by atoms with Crippen LogP contribution in [0.25, 0.3) is 0 Å². The minimum atomic E-state index is 0.982. The molecule has 0 fully saturated rings. The molecule has 0 aliphatic carbocycles. The normalized spacial score (nSPS) is 15.7. The van der Waals surface area contributed by atoms with Gasteiger partial charge in [-0.15, -0.1) is 0 Å². The highest BCUT2D eigenvalue weighted by molar-refractivity contribution is 9.10. The lowest BCUT2D eigenvalue weighted by molar-refractivity contribution is 0.257. The van der Waals surface area contributed by atoms with Crippen LogP contribution in [0, 0.1) is 13.8 Å². The summed E-state index contributed by atoms with van der Waals surface area (Å²) in [5.74, 6) is 0. The van der Waals surface area contributed by atoms with Crippen molar-refractivity contribution < 1.29 is 0 Å². The molecule has 4 N–H and O–H groups in total. The predicted molar refractivity (Wildman–Crippen MR) is 156 cm³/mol. The Morgan fingerprint density at radius 2 is 1.31 bits per heavy atom. The topological polar surface area (TPSA) is 58.5 Å². The lowest BCUT2D eigenvalue weighted by Gasteiger charge is -2.31. The smallest absolute Gasteiger partial charge is 0.0380 e. The molecule has 3 aromatic rings. The highest BCUT2D eigenvalue weighted by Gasteiger charge is 2.21. The Kier molecular flexibility index (Phi) is 8.59. The molecule has 0 amide bonds. The number of hydrogen-bond acceptors (Lipinski definition) is 4. The number of nitrogens with zero attached hydrogens (tertiary/aromatic N) is 2. The van der Waals surface area contributed by atoms with Gasteiger partial charge in [0.1, 0.15) is 0 Å². The summed E-state index contributed by atoms with van der Waals surface area (Å²) in [6.45, 7) is 9.45. The molecular formula is C29H36Br2N4. The summed E-state index contributed by atoms with van der Waals surface area (Å²) >= 11 is 7.32.